The van der Waals surface area contributed by atoms with Gasteiger partial charge in [-0.25, -0.2) is 4.98 Å². The Morgan fingerprint density at radius 2 is 2.00 bits per heavy atom. The Balaban J connectivity index is 1.80. The van der Waals surface area contributed by atoms with Crippen LogP contribution in [0.5, 0.6) is 0 Å². The predicted molar refractivity (Wildman–Crippen MR) is 89.7 cm³/mol. The van der Waals surface area contributed by atoms with Gasteiger partial charge in [-0.2, -0.15) is 9.61 Å². The molecule has 0 saturated heterocycles. The molecule has 5 nitrogen and oxygen atoms in total. The van der Waals surface area contributed by atoms with Crippen LogP contribution >= 0.6 is 0 Å². The lowest BCUT2D eigenvalue weighted by Crippen LogP contribution is -2.22. The zero-order chi connectivity index (χ0) is 16.1. The Hall–Kier alpha value is -2.40. The Labute approximate surface area is 135 Å². The number of aromatic nitrogens is 3. The first-order chi connectivity index (χ1) is 11.0. The summed E-state index contributed by atoms with van der Waals surface area (Å²) in [6.07, 6.45) is 0.242. The van der Waals surface area contributed by atoms with E-state index in [9.17, 15) is 5.11 Å². The first-order valence-corrected chi connectivity index (χ1v) is 7.90. The molecule has 1 aliphatic rings. The molecule has 0 spiro atoms. The predicted octanol–water partition coefficient (Wildman–Crippen LogP) is 2.72. The third kappa shape index (κ3) is 2.19. The van der Waals surface area contributed by atoms with Gasteiger partial charge < -0.3 is 10.4 Å². The maximum absolute atomic E-state index is 10.5. The second-order valence-electron chi connectivity index (χ2n) is 6.32. The number of fused-ring (bicyclic) bond motifs is 2. The van der Waals surface area contributed by atoms with E-state index >= 15 is 0 Å². The molecule has 2 atom stereocenters. The molecule has 23 heavy (non-hydrogen) atoms. The van der Waals surface area contributed by atoms with E-state index in [1.807, 2.05) is 43.5 Å². The van der Waals surface area contributed by atoms with Gasteiger partial charge in [-0.15, -0.1) is 0 Å². The average Bonchev–Trinajstić information content (AvgIpc) is 2.98. The smallest absolute Gasteiger partial charge is 0.160 e. The molecular weight excluding hydrogens is 288 g/mol. The van der Waals surface area contributed by atoms with E-state index in [1.54, 1.807) is 0 Å². The van der Waals surface area contributed by atoms with Crippen LogP contribution in [0, 0.1) is 20.8 Å². The average molecular weight is 308 g/mol. The Bertz CT molecular complexity index is 899. The van der Waals surface area contributed by atoms with Crippen LogP contribution in [0.4, 0.5) is 5.82 Å². The maximum Gasteiger partial charge on any atom is 0.160 e. The highest BCUT2D eigenvalue weighted by Crippen LogP contribution is 2.34. The third-order valence-electron chi connectivity index (χ3n) is 4.69. The largest absolute Gasteiger partial charge is 0.390 e. The van der Waals surface area contributed by atoms with Crippen molar-refractivity contribution < 1.29 is 5.11 Å². The summed E-state index contributed by atoms with van der Waals surface area (Å²) >= 11 is 0. The van der Waals surface area contributed by atoms with Gasteiger partial charge in [0.25, 0.3) is 0 Å². The number of nitrogens with zero attached hydrogens (tertiary/aromatic N) is 3. The van der Waals surface area contributed by atoms with Crippen LogP contribution < -0.4 is 5.32 Å². The van der Waals surface area contributed by atoms with E-state index in [1.165, 1.54) is 5.56 Å². The molecule has 0 aliphatic heterocycles. The van der Waals surface area contributed by atoms with E-state index < -0.39 is 6.10 Å². The summed E-state index contributed by atoms with van der Waals surface area (Å²) < 4.78 is 1.84. The molecule has 5 heteroatoms. The van der Waals surface area contributed by atoms with Crippen molar-refractivity contribution in [1.29, 1.82) is 0 Å². The monoisotopic (exact) mass is 308 g/mol. The van der Waals surface area contributed by atoms with Crippen LogP contribution in [0.1, 0.15) is 34.1 Å². The van der Waals surface area contributed by atoms with Crippen LogP contribution in [0.25, 0.3) is 5.65 Å². The zero-order valence-corrected chi connectivity index (χ0v) is 13.5. The van der Waals surface area contributed by atoms with Gasteiger partial charge in [0.1, 0.15) is 5.82 Å². The van der Waals surface area contributed by atoms with Gasteiger partial charge in [-0.05, 0) is 31.9 Å². The normalized spacial score (nSPS) is 20.0. The minimum Gasteiger partial charge on any atom is -0.390 e. The number of nitrogens with one attached hydrogen (secondary N) is 1. The second-order valence-corrected chi connectivity index (χ2v) is 6.32. The van der Waals surface area contributed by atoms with Gasteiger partial charge in [0.2, 0.25) is 0 Å². The Morgan fingerprint density at radius 3 is 2.83 bits per heavy atom. The molecule has 0 unspecified atom stereocenters. The van der Waals surface area contributed by atoms with Crippen molar-refractivity contribution in [1.82, 2.24) is 14.6 Å². The van der Waals surface area contributed by atoms with Gasteiger partial charge in [-0.3, -0.25) is 0 Å². The van der Waals surface area contributed by atoms with Gasteiger partial charge >= 0.3 is 0 Å². The summed E-state index contributed by atoms with van der Waals surface area (Å²) in [6.45, 7) is 6.00. The fourth-order valence-electron chi connectivity index (χ4n) is 3.36. The lowest BCUT2D eigenvalue weighted by molar-refractivity contribution is 0.165. The van der Waals surface area contributed by atoms with Crippen LogP contribution in [0.2, 0.25) is 0 Å². The fraction of sp³-hybridized carbons (Fsp3) is 0.333. The first kappa shape index (κ1) is 14.2. The highest BCUT2D eigenvalue weighted by Gasteiger charge is 2.31. The number of hydrogen-bond acceptors (Lipinski definition) is 4. The van der Waals surface area contributed by atoms with Gasteiger partial charge in [0, 0.05) is 23.7 Å². The number of benzene rings is 1. The van der Waals surface area contributed by atoms with E-state index in [0.29, 0.717) is 6.42 Å². The number of anilines is 1. The second kappa shape index (κ2) is 5.06. The molecule has 1 aromatic carbocycles. The number of aryl methyl sites for hydroxylation is 3. The Kier molecular flexibility index (Phi) is 3.13. The molecule has 0 bridgehead atoms. The van der Waals surface area contributed by atoms with Gasteiger partial charge in [0.15, 0.2) is 5.65 Å². The number of rotatable bonds is 2. The third-order valence-corrected chi connectivity index (χ3v) is 4.69. The standard InChI is InChI=1S/C18H20N4O/c1-10-8-16(22-18(19-10)11(2)12(3)21-22)20-17-14-7-5-4-6-13(14)9-15(17)23/h4-8,15,17,20,23H,9H2,1-3H3/t15-,17+/m0/s1. The van der Waals surface area contributed by atoms with Crippen molar-refractivity contribution >= 4 is 11.5 Å². The van der Waals surface area contributed by atoms with Crippen LogP contribution in [-0.4, -0.2) is 25.8 Å². The molecule has 0 radical (unpaired) electrons. The minimum atomic E-state index is -0.436. The highest BCUT2D eigenvalue weighted by molar-refractivity contribution is 5.57. The summed E-state index contributed by atoms with van der Waals surface area (Å²) in [5.41, 5.74) is 6.22. The lowest BCUT2D eigenvalue weighted by atomic mass is 10.1. The molecule has 2 aromatic heterocycles. The van der Waals surface area contributed by atoms with Crippen LogP contribution in [-0.2, 0) is 6.42 Å². The van der Waals surface area contributed by atoms with Crippen LogP contribution in [0.15, 0.2) is 30.3 Å². The summed E-state index contributed by atoms with van der Waals surface area (Å²) in [5.74, 6) is 0.865. The summed E-state index contributed by atoms with van der Waals surface area (Å²) in [6, 6.07) is 10.0. The SMILES string of the molecule is Cc1cc(N[C@@H]2c3ccccc3C[C@@H]2O)n2nc(C)c(C)c2n1. The number of aliphatic hydroxyl groups is 1. The van der Waals surface area contributed by atoms with Gasteiger partial charge in [0.05, 0.1) is 17.8 Å². The fourth-order valence-corrected chi connectivity index (χ4v) is 3.36. The van der Waals surface area contributed by atoms with Crippen molar-refractivity contribution in [2.75, 3.05) is 5.32 Å². The van der Waals surface area contributed by atoms with Crippen molar-refractivity contribution in [3.63, 3.8) is 0 Å². The van der Waals surface area contributed by atoms with Gasteiger partial charge in [-0.1, -0.05) is 24.3 Å². The van der Waals surface area contributed by atoms with Crippen molar-refractivity contribution in [2.24, 2.45) is 0 Å². The highest BCUT2D eigenvalue weighted by atomic mass is 16.3. The minimum absolute atomic E-state index is 0.124. The molecule has 4 rings (SSSR count). The molecule has 2 heterocycles. The molecule has 2 N–H and O–H groups in total. The quantitative estimate of drug-likeness (QED) is 0.764. The van der Waals surface area contributed by atoms with Crippen LogP contribution in [0.3, 0.4) is 0 Å². The van der Waals surface area contributed by atoms with Crippen molar-refractivity contribution in [2.45, 2.75) is 39.3 Å². The number of aliphatic hydroxyl groups excluding tert-OH is 1. The molecule has 0 saturated carbocycles. The molecule has 0 fully saturated rings. The first-order valence-electron chi connectivity index (χ1n) is 7.90. The molecular formula is C18H20N4O. The lowest BCUT2D eigenvalue weighted by Gasteiger charge is -2.20. The molecule has 0 amide bonds. The van der Waals surface area contributed by atoms with E-state index in [2.05, 4.69) is 27.5 Å². The van der Waals surface area contributed by atoms with Crippen molar-refractivity contribution in [3.05, 3.63) is 58.4 Å². The summed E-state index contributed by atoms with van der Waals surface area (Å²) in [7, 11) is 0. The summed E-state index contributed by atoms with van der Waals surface area (Å²) in [5, 5.41) is 18.5. The molecule has 3 aromatic rings. The Morgan fingerprint density at radius 1 is 1.22 bits per heavy atom. The van der Waals surface area contributed by atoms with E-state index in [0.717, 1.165) is 34.0 Å². The number of hydrogen-bond donors (Lipinski definition) is 2. The topological polar surface area (TPSA) is 62.5 Å². The summed E-state index contributed by atoms with van der Waals surface area (Å²) in [4.78, 5) is 4.59. The van der Waals surface area contributed by atoms with E-state index in [-0.39, 0.29) is 6.04 Å². The maximum atomic E-state index is 10.5. The molecule has 118 valence electrons. The zero-order valence-electron chi connectivity index (χ0n) is 13.5. The van der Waals surface area contributed by atoms with E-state index in [4.69, 9.17) is 0 Å². The molecule has 1 aliphatic carbocycles. The van der Waals surface area contributed by atoms with Crippen molar-refractivity contribution in [3.8, 4) is 0 Å².